The van der Waals surface area contributed by atoms with Gasteiger partial charge in [-0.1, -0.05) is 48.0 Å². The normalized spacial score (nSPS) is 48.4. The van der Waals surface area contributed by atoms with E-state index in [1.165, 1.54) is 12.8 Å². The minimum atomic E-state index is -1.06. The molecule has 0 N–H and O–H groups in total. The second-order valence-electron chi connectivity index (χ2n) is 15.0. The van der Waals surface area contributed by atoms with Gasteiger partial charge in [-0.3, -0.25) is 4.79 Å². The van der Waals surface area contributed by atoms with E-state index in [-0.39, 0.29) is 138 Å². The summed E-state index contributed by atoms with van der Waals surface area (Å²) in [6.07, 6.45) is 11.6. The molecular weight excluding hydrogens is 583 g/mol. The van der Waals surface area contributed by atoms with Gasteiger partial charge in [-0.25, -0.2) is 0 Å². The molecule has 6 aliphatic carbocycles. The molecule has 0 heterocycles. The molecule has 0 radical (unpaired) electrons. The van der Waals surface area contributed by atoms with Gasteiger partial charge in [-0.15, -0.1) is 0 Å². The Morgan fingerprint density at radius 1 is 0.714 bits per heavy atom. The number of ether oxygens (including phenoxy) is 1. The summed E-state index contributed by atoms with van der Waals surface area (Å²) in [5.74, 6) is -0.267. The van der Waals surface area contributed by atoms with Crippen LogP contribution in [0.3, 0.4) is 0 Å². The van der Waals surface area contributed by atoms with Gasteiger partial charge in [0.2, 0.25) is 0 Å². The Kier molecular flexibility index (Phi) is 13.1. The Hall–Kier alpha value is 1.68. The molecule has 0 aromatic carbocycles. The first kappa shape index (κ1) is 38.1. The molecule has 8 heteroatoms. The van der Waals surface area contributed by atoms with Crippen LogP contribution in [0.25, 0.3) is 0 Å². The van der Waals surface area contributed by atoms with E-state index in [1.54, 1.807) is 0 Å². The number of esters is 1. The second kappa shape index (κ2) is 14.4. The van der Waals surface area contributed by atoms with Crippen molar-refractivity contribution in [3.05, 3.63) is 0 Å². The Bertz CT molecular complexity index is 1020. The quantitative estimate of drug-likeness (QED) is 0.284. The van der Waals surface area contributed by atoms with Crippen molar-refractivity contribution in [2.24, 2.45) is 69.5 Å². The Balaban J connectivity index is 0.00000119. The van der Waals surface area contributed by atoms with Crippen molar-refractivity contribution in [2.75, 3.05) is 0 Å². The van der Waals surface area contributed by atoms with E-state index in [9.17, 15) is 24.6 Å². The van der Waals surface area contributed by atoms with Crippen LogP contribution in [0.2, 0.25) is 0 Å². The third kappa shape index (κ3) is 5.95. The van der Waals surface area contributed by atoms with E-state index in [0.29, 0.717) is 41.9 Å². The van der Waals surface area contributed by atoms with E-state index in [4.69, 9.17) is 4.74 Å². The first-order valence-electron chi connectivity index (χ1n) is 16.6. The molecular formula is C34H52K2O6. The standard InChI is InChI=1S/C32H48O6.C2H6.2K/c1-17-20(27(33)34)16-21(17)28(35)38-25-11-14-30(3)22(18(25)2)9-13-31(4)23-10-15-32(29(36)37)12-5-6-24(32)19(23)7-8-26(30)31;1-2;;/h17-26H,5-16H2,1-4H3,(H,33,34)(H,36,37);1-2H3;;/q;;2*+1/p-2. The average Bonchev–Trinajstić information content (AvgIpc) is 3.36. The van der Waals surface area contributed by atoms with Gasteiger partial charge in [0.1, 0.15) is 6.10 Å². The third-order valence-electron chi connectivity index (χ3n) is 14.1. The largest absolute Gasteiger partial charge is 1.00 e. The van der Waals surface area contributed by atoms with E-state index in [0.717, 1.165) is 57.8 Å². The van der Waals surface area contributed by atoms with E-state index in [1.807, 2.05) is 20.8 Å². The molecule has 0 aromatic rings. The number of aliphatic carboxylic acids is 2. The first-order chi connectivity index (χ1) is 18.9. The Labute approximate surface area is 339 Å². The van der Waals surface area contributed by atoms with Crippen LogP contribution in [0.15, 0.2) is 0 Å². The van der Waals surface area contributed by atoms with Crippen LogP contribution < -0.4 is 113 Å². The predicted octanol–water partition coefficient (Wildman–Crippen LogP) is -1.22. The van der Waals surface area contributed by atoms with E-state index >= 15 is 0 Å². The molecule has 42 heavy (non-hydrogen) atoms. The van der Waals surface area contributed by atoms with Crippen LogP contribution in [0.5, 0.6) is 0 Å². The number of hydrogen-bond donors (Lipinski definition) is 0. The molecule has 0 aliphatic heterocycles. The molecule has 6 fully saturated rings. The summed E-state index contributed by atoms with van der Waals surface area (Å²) >= 11 is 0. The second-order valence-corrected chi connectivity index (χ2v) is 15.0. The summed E-state index contributed by atoms with van der Waals surface area (Å²) in [7, 11) is 0. The van der Waals surface area contributed by atoms with Gasteiger partial charge in [0.25, 0.3) is 0 Å². The third-order valence-corrected chi connectivity index (χ3v) is 14.1. The predicted molar refractivity (Wildman–Crippen MR) is 148 cm³/mol. The number of hydrogen-bond acceptors (Lipinski definition) is 6. The van der Waals surface area contributed by atoms with Crippen LogP contribution in [-0.2, 0) is 19.1 Å². The number of carboxylic acids is 2. The molecule has 0 amide bonds. The summed E-state index contributed by atoms with van der Waals surface area (Å²) in [4.78, 5) is 36.5. The molecule has 0 spiro atoms. The molecule has 0 saturated heterocycles. The van der Waals surface area contributed by atoms with Gasteiger partial charge in [-0.2, -0.15) is 0 Å². The maximum atomic E-state index is 13.0. The van der Waals surface area contributed by atoms with Crippen molar-refractivity contribution < 1.29 is 132 Å². The molecule has 6 rings (SSSR count). The maximum Gasteiger partial charge on any atom is 1.00 e. The zero-order chi connectivity index (χ0) is 29.2. The van der Waals surface area contributed by atoms with Gasteiger partial charge in [0.15, 0.2) is 0 Å². The smallest absolute Gasteiger partial charge is 0.550 e. The SMILES string of the molecule is CC.CC1C(C(=O)[O-])CC1C(=O)OC1CCC2(C)C(CCC3(C)C4CCC5(C(=O)[O-])CCCC5C4CCC23)C1C.[K+].[K+]. The Morgan fingerprint density at radius 3 is 1.95 bits per heavy atom. The zero-order valence-corrected chi connectivity index (χ0v) is 34.0. The topological polar surface area (TPSA) is 107 Å². The monoisotopic (exact) mass is 634 g/mol. The van der Waals surface area contributed by atoms with Crippen molar-refractivity contribution in [3.8, 4) is 0 Å². The van der Waals surface area contributed by atoms with Crippen LogP contribution in [0.1, 0.15) is 119 Å². The summed E-state index contributed by atoms with van der Waals surface area (Å²) in [5.41, 5.74) is -0.108. The van der Waals surface area contributed by atoms with E-state index in [2.05, 4.69) is 20.8 Å². The number of rotatable bonds is 4. The fourth-order valence-corrected chi connectivity index (χ4v) is 12.0. The maximum absolute atomic E-state index is 13.0. The van der Waals surface area contributed by atoms with Gasteiger partial charge in [-0.05, 0) is 123 Å². The minimum Gasteiger partial charge on any atom is -0.550 e. The average molecular weight is 635 g/mol. The molecule has 6 saturated carbocycles. The fourth-order valence-electron chi connectivity index (χ4n) is 12.0. The summed E-state index contributed by atoms with van der Waals surface area (Å²) in [6, 6.07) is 0. The number of carbonyl (C=O) groups excluding carboxylic acids is 3. The van der Waals surface area contributed by atoms with Crippen molar-refractivity contribution >= 4 is 17.9 Å². The minimum absolute atomic E-state index is 0. The molecule has 6 nitrogen and oxygen atoms in total. The number of fused-ring (bicyclic) bond motifs is 7. The zero-order valence-electron chi connectivity index (χ0n) is 27.7. The molecule has 0 aromatic heterocycles. The van der Waals surface area contributed by atoms with Gasteiger partial charge < -0.3 is 24.5 Å². The fraction of sp³-hybridized carbons (Fsp3) is 0.912. The molecule has 226 valence electrons. The van der Waals surface area contributed by atoms with Crippen molar-refractivity contribution in [1.29, 1.82) is 0 Å². The van der Waals surface area contributed by atoms with Crippen LogP contribution in [0.4, 0.5) is 0 Å². The van der Waals surface area contributed by atoms with Crippen molar-refractivity contribution in [1.82, 2.24) is 0 Å². The number of carboxylic acid groups (broad SMARTS) is 2. The first-order valence-corrected chi connectivity index (χ1v) is 16.6. The van der Waals surface area contributed by atoms with Crippen LogP contribution in [-0.4, -0.2) is 24.0 Å². The van der Waals surface area contributed by atoms with Crippen molar-refractivity contribution in [3.63, 3.8) is 0 Å². The van der Waals surface area contributed by atoms with Gasteiger partial charge in [0.05, 0.1) is 5.92 Å². The van der Waals surface area contributed by atoms with Crippen molar-refractivity contribution in [2.45, 2.75) is 125 Å². The molecule has 6 aliphatic rings. The molecule has 0 bridgehead atoms. The molecule has 13 atom stereocenters. The summed E-state index contributed by atoms with van der Waals surface area (Å²) in [5, 5.41) is 23.6. The van der Waals surface area contributed by atoms with Crippen LogP contribution in [0, 0.1) is 69.5 Å². The van der Waals surface area contributed by atoms with Gasteiger partial charge in [0, 0.05) is 23.3 Å². The van der Waals surface area contributed by atoms with E-state index < -0.39 is 23.3 Å². The summed E-state index contributed by atoms with van der Waals surface area (Å²) in [6.45, 7) is 13.1. The Morgan fingerprint density at radius 2 is 1.33 bits per heavy atom. The van der Waals surface area contributed by atoms with Gasteiger partial charge >= 0.3 is 109 Å². The number of carbonyl (C=O) groups is 3. The van der Waals surface area contributed by atoms with Crippen LogP contribution >= 0.6 is 0 Å². The molecule has 13 unspecified atom stereocenters. The summed E-state index contributed by atoms with van der Waals surface area (Å²) < 4.78 is 6.11.